The highest BCUT2D eigenvalue weighted by Gasteiger charge is 2.29. The van der Waals surface area contributed by atoms with Crippen LogP contribution in [0, 0.1) is 12.8 Å². The number of anilines is 1. The predicted octanol–water partition coefficient (Wildman–Crippen LogP) is 3.08. The van der Waals surface area contributed by atoms with Crippen molar-refractivity contribution >= 4 is 29.4 Å². The molecule has 2 amide bonds. The molecule has 7 heteroatoms. The zero-order valence-corrected chi connectivity index (χ0v) is 15.5. The van der Waals surface area contributed by atoms with Gasteiger partial charge >= 0.3 is 0 Å². The minimum Gasteiger partial charge on any atom is -0.360 e. The van der Waals surface area contributed by atoms with Crippen LogP contribution in [0.15, 0.2) is 10.6 Å². The molecule has 0 aromatic carbocycles. The van der Waals surface area contributed by atoms with E-state index in [1.54, 1.807) is 24.8 Å². The van der Waals surface area contributed by atoms with E-state index in [0.29, 0.717) is 37.5 Å². The number of nitrogens with zero attached hydrogens (tertiary/aromatic N) is 2. The van der Waals surface area contributed by atoms with Crippen LogP contribution in [0.3, 0.4) is 0 Å². The van der Waals surface area contributed by atoms with Gasteiger partial charge < -0.3 is 14.7 Å². The Labute approximate surface area is 147 Å². The van der Waals surface area contributed by atoms with Gasteiger partial charge in [0.15, 0.2) is 5.82 Å². The van der Waals surface area contributed by atoms with Gasteiger partial charge in [-0.2, -0.15) is 0 Å². The number of unbranched alkanes of at least 4 members (excludes halogenated alkanes) is 1. The number of aryl methyl sites for hydroxylation is 1. The molecule has 1 unspecified atom stereocenters. The maximum atomic E-state index is 12.4. The van der Waals surface area contributed by atoms with Crippen LogP contribution in [0.1, 0.15) is 45.3 Å². The highest BCUT2D eigenvalue weighted by molar-refractivity contribution is 8.00. The Bertz CT molecular complexity index is 553. The fraction of sp³-hybridized carbons (Fsp3) is 0.706. The van der Waals surface area contributed by atoms with Gasteiger partial charge in [-0.1, -0.05) is 18.5 Å². The standard InChI is InChI=1S/C17H27N3O3S/c1-4-5-10-24-13(3)17(22)20-8-6-14(7-9-20)16(21)18-15-11-12(2)23-19-15/h11,13-14H,4-10H2,1-3H3,(H,18,19,21). The van der Waals surface area contributed by atoms with Gasteiger partial charge in [-0.3, -0.25) is 9.59 Å². The summed E-state index contributed by atoms with van der Waals surface area (Å²) in [7, 11) is 0. The van der Waals surface area contributed by atoms with E-state index in [9.17, 15) is 9.59 Å². The highest BCUT2D eigenvalue weighted by atomic mass is 32.2. The predicted molar refractivity (Wildman–Crippen MR) is 96.0 cm³/mol. The lowest BCUT2D eigenvalue weighted by molar-refractivity contribution is -0.133. The van der Waals surface area contributed by atoms with Crippen molar-refractivity contribution in [3.63, 3.8) is 0 Å². The molecule has 1 N–H and O–H groups in total. The van der Waals surface area contributed by atoms with E-state index in [1.807, 2.05) is 11.8 Å². The summed E-state index contributed by atoms with van der Waals surface area (Å²) in [5.74, 6) is 2.23. The van der Waals surface area contributed by atoms with E-state index in [1.165, 1.54) is 0 Å². The largest absolute Gasteiger partial charge is 0.360 e. The Balaban J connectivity index is 1.76. The number of likely N-dealkylation sites (tertiary alicyclic amines) is 1. The second kappa shape index (κ2) is 9.11. The summed E-state index contributed by atoms with van der Waals surface area (Å²) in [6.07, 6.45) is 3.69. The number of hydrogen-bond acceptors (Lipinski definition) is 5. The monoisotopic (exact) mass is 353 g/mol. The molecule has 0 spiro atoms. The van der Waals surface area contributed by atoms with Gasteiger partial charge in [0.25, 0.3) is 0 Å². The molecule has 2 heterocycles. The van der Waals surface area contributed by atoms with Crippen molar-refractivity contribution in [3.05, 3.63) is 11.8 Å². The Kier molecular flexibility index (Phi) is 7.15. The van der Waals surface area contributed by atoms with Crippen molar-refractivity contribution < 1.29 is 14.1 Å². The third kappa shape index (κ3) is 5.26. The first-order chi connectivity index (χ1) is 11.5. The lowest BCUT2D eigenvalue weighted by atomic mass is 9.95. The molecule has 134 valence electrons. The van der Waals surface area contributed by atoms with Crippen LogP contribution >= 0.6 is 11.8 Å². The van der Waals surface area contributed by atoms with Crippen LogP contribution in [0.5, 0.6) is 0 Å². The number of rotatable bonds is 7. The lowest BCUT2D eigenvalue weighted by Gasteiger charge is -2.32. The zero-order valence-electron chi connectivity index (χ0n) is 14.7. The van der Waals surface area contributed by atoms with Gasteiger partial charge in [0.2, 0.25) is 11.8 Å². The normalized spacial score (nSPS) is 16.9. The summed E-state index contributed by atoms with van der Waals surface area (Å²) in [5.41, 5.74) is 0. The van der Waals surface area contributed by atoms with E-state index < -0.39 is 0 Å². The number of amides is 2. The first-order valence-corrected chi connectivity index (χ1v) is 9.70. The summed E-state index contributed by atoms with van der Waals surface area (Å²) in [6, 6.07) is 1.70. The van der Waals surface area contributed by atoms with Gasteiger partial charge in [-0.05, 0) is 38.9 Å². The Morgan fingerprint density at radius 1 is 1.46 bits per heavy atom. The maximum absolute atomic E-state index is 12.4. The second-order valence-corrected chi connectivity index (χ2v) is 7.73. The number of carbonyl (C=O) groups is 2. The molecule has 1 aliphatic heterocycles. The van der Waals surface area contributed by atoms with Gasteiger partial charge in [-0.15, -0.1) is 11.8 Å². The summed E-state index contributed by atoms with van der Waals surface area (Å²) < 4.78 is 4.95. The first kappa shape index (κ1) is 18.8. The zero-order chi connectivity index (χ0) is 17.5. The minimum atomic E-state index is -0.0749. The summed E-state index contributed by atoms with van der Waals surface area (Å²) in [4.78, 5) is 26.6. The molecule has 0 bridgehead atoms. The highest BCUT2D eigenvalue weighted by Crippen LogP contribution is 2.22. The van der Waals surface area contributed by atoms with E-state index in [2.05, 4.69) is 17.4 Å². The molecule has 24 heavy (non-hydrogen) atoms. The number of aromatic nitrogens is 1. The van der Waals surface area contributed by atoms with Crippen molar-refractivity contribution in [2.75, 3.05) is 24.2 Å². The number of thioether (sulfide) groups is 1. The molecule has 1 aromatic heterocycles. The molecule has 1 atom stereocenters. The third-order valence-electron chi connectivity index (χ3n) is 4.27. The number of piperidine rings is 1. The summed E-state index contributed by atoms with van der Waals surface area (Å²) >= 11 is 1.72. The van der Waals surface area contributed by atoms with Crippen LogP contribution in [0.25, 0.3) is 0 Å². The maximum Gasteiger partial charge on any atom is 0.235 e. The van der Waals surface area contributed by atoms with Crippen LogP contribution < -0.4 is 5.32 Å². The summed E-state index contributed by atoms with van der Waals surface area (Å²) in [5, 5.41) is 6.56. The smallest absolute Gasteiger partial charge is 0.235 e. The van der Waals surface area contributed by atoms with Crippen molar-refractivity contribution in [2.45, 2.75) is 51.7 Å². The average molecular weight is 353 g/mol. The fourth-order valence-corrected chi connectivity index (χ4v) is 3.85. The Hall–Kier alpha value is -1.50. The van der Waals surface area contributed by atoms with E-state index in [4.69, 9.17) is 4.52 Å². The Morgan fingerprint density at radius 3 is 2.75 bits per heavy atom. The Morgan fingerprint density at radius 2 is 2.17 bits per heavy atom. The SMILES string of the molecule is CCCCSC(C)C(=O)N1CCC(C(=O)Nc2cc(C)on2)CC1. The molecule has 0 saturated carbocycles. The fourth-order valence-electron chi connectivity index (χ4n) is 2.75. The van der Waals surface area contributed by atoms with Crippen molar-refractivity contribution in [1.82, 2.24) is 10.1 Å². The molecule has 0 radical (unpaired) electrons. The van der Waals surface area contributed by atoms with Crippen molar-refractivity contribution in [3.8, 4) is 0 Å². The van der Waals surface area contributed by atoms with E-state index >= 15 is 0 Å². The second-order valence-electron chi connectivity index (χ2n) is 6.28. The lowest BCUT2D eigenvalue weighted by Crippen LogP contribution is -2.44. The molecule has 0 aliphatic carbocycles. The molecule has 1 fully saturated rings. The van der Waals surface area contributed by atoms with Crippen LogP contribution in [-0.2, 0) is 9.59 Å². The topological polar surface area (TPSA) is 75.4 Å². The van der Waals surface area contributed by atoms with Gasteiger partial charge in [0.1, 0.15) is 5.76 Å². The van der Waals surface area contributed by atoms with Crippen LogP contribution in [0.4, 0.5) is 5.82 Å². The van der Waals surface area contributed by atoms with Gasteiger partial charge in [0, 0.05) is 25.1 Å². The third-order valence-corrected chi connectivity index (χ3v) is 5.50. The van der Waals surface area contributed by atoms with Gasteiger partial charge in [-0.25, -0.2) is 0 Å². The van der Waals surface area contributed by atoms with Crippen LogP contribution in [-0.4, -0.2) is 46.0 Å². The van der Waals surface area contributed by atoms with Crippen molar-refractivity contribution in [2.24, 2.45) is 5.92 Å². The number of hydrogen-bond donors (Lipinski definition) is 1. The minimum absolute atomic E-state index is 0.0000297. The van der Waals surface area contributed by atoms with Crippen LogP contribution in [0.2, 0.25) is 0 Å². The van der Waals surface area contributed by atoms with Crippen molar-refractivity contribution in [1.29, 1.82) is 0 Å². The average Bonchev–Trinajstić information content (AvgIpc) is 2.99. The molecule has 2 rings (SSSR count). The van der Waals surface area contributed by atoms with Gasteiger partial charge in [0.05, 0.1) is 5.25 Å². The quantitative estimate of drug-likeness (QED) is 0.763. The molecular formula is C17H27N3O3S. The number of carbonyl (C=O) groups excluding carboxylic acids is 2. The molecule has 6 nitrogen and oxygen atoms in total. The number of nitrogens with one attached hydrogen (secondary N) is 1. The van der Waals surface area contributed by atoms with E-state index in [0.717, 1.165) is 18.6 Å². The molecule has 1 aliphatic rings. The molecule has 1 aromatic rings. The molecule has 1 saturated heterocycles. The molecular weight excluding hydrogens is 326 g/mol. The van der Waals surface area contributed by atoms with E-state index in [-0.39, 0.29) is 23.0 Å². The summed E-state index contributed by atoms with van der Waals surface area (Å²) in [6.45, 7) is 7.21. The first-order valence-electron chi connectivity index (χ1n) is 8.65.